The molecule has 7 heteroatoms. The van der Waals surface area contributed by atoms with E-state index in [1.54, 1.807) is 0 Å². The molecule has 0 aliphatic carbocycles. The zero-order valence-electron chi connectivity index (χ0n) is 8.45. The van der Waals surface area contributed by atoms with Crippen LogP contribution in [0.4, 0.5) is 14.6 Å². The van der Waals surface area contributed by atoms with Gasteiger partial charge in [0.25, 0.3) is 12.3 Å². The van der Waals surface area contributed by atoms with Crippen LogP contribution < -0.4 is 5.73 Å². The molecule has 1 amide bonds. The van der Waals surface area contributed by atoms with Gasteiger partial charge in [0.15, 0.2) is 0 Å². The predicted molar refractivity (Wildman–Crippen MR) is 56.6 cm³/mol. The maximum Gasteiger partial charge on any atom is 0.255 e. The van der Waals surface area contributed by atoms with E-state index in [4.69, 9.17) is 17.3 Å². The van der Waals surface area contributed by atoms with E-state index in [0.717, 1.165) is 4.90 Å². The zero-order chi connectivity index (χ0) is 12.3. The monoisotopic (exact) mass is 249 g/mol. The van der Waals surface area contributed by atoms with E-state index < -0.39 is 18.9 Å². The van der Waals surface area contributed by atoms with Gasteiger partial charge in [0, 0.05) is 13.2 Å². The number of aromatic nitrogens is 1. The molecule has 0 saturated carbocycles. The molecule has 0 radical (unpaired) electrons. The maximum absolute atomic E-state index is 12.1. The lowest BCUT2D eigenvalue weighted by Gasteiger charge is -2.17. The van der Waals surface area contributed by atoms with Crippen LogP contribution in [0, 0.1) is 0 Å². The van der Waals surface area contributed by atoms with Gasteiger partial charge < -0.3 is 10.6 Å². The van der Waals surface area contributed by atoms with Crippen molar-refractivity contribution >= 4 is 23.3 Å². The minimum absolute atomic E-state index is 0.0670. The number of hydrogen-bond acceptors (Lipinski definition) is 3. The van der Waals surface area contributed by atoms with Crippen molar-refractivity contribution in [2.24, 2.45) is 0 Å². The lowest BCUT2D eigenvalue weighted by molar-refractivity contribution is 0.0620. The van der Waals surface area contributed by atoms with E-state index in [1.807, 2.05) is 0 Å². The molecule has 0 saturated heterocycles. The van der Waals surface area contributed by atoms with E-state index in [9.17, 15) is 13.6 Å². The Labute approximate surface area is 96.0 Å². The molecule has 1 heterocycles. The molecule has 88 valence electrons. The summed E-state index contributed by atoms with van der Waals surface area (Å²) in [6, 6.07) is 1.26. The van der Waals surface area contributed by atoms with Crippen molar-refractivity contribution in [3.8, 4) is 0 Å². The number of nitrogens with two attached hydrogens (primary N) is 1. The highest BCUT2D eigenvalue weighted by atomic mass is 35.5. The average Bonchev–Trinajstić information content (AvgIpc) is 2.19. The molecule has 1 aromatic heterocycles. The number of carbonyl (C=O) groups is 1. The van der Waals surface area contributed by atoms with Gasteiger partial charge >= 0.3 is 0 Å². The molecule has 2 N–H and O–H groups in total. The summed E-state index contributed by atoms with van der Waals surface area (Å²) in [7, 11) is 1.27. The number of nitrogens with zero attached hydrogens (tertiary/aromatic N) is 2. The van der Waals surface area contributed by atoms with Gasteiger partial charge in [-0.05, 0) is 6.07 Å². The fourth-order valence-electron chi connectivity index (χ4n) is 1.11. The minimum atomic E-state index is -2.59. The summed E-state index contributed by atoms with van der Waals surface area (Å²) in [5.74, 6) is -0.502. The van der Waals surface area contributed by atoms with Crippen molar-refractivity contribution in [2.75, 3.05) is 19.3 Å². The number of hydrogen-bond donors (Lipinski definition) is 1. The van der Waals surface area contributed by atoms with E-state index in [2.05, 4.69) is 4.98 Å². The highest BCUT2D eigenvalue weighted by Crippen LogP contribution is 2.18. The molecule has 0 fully saturated rings. The standard InChI is InChI=1S/C9H10ClF2N3O/c1-15(4-7(11)12)9(16)5-2-8(13)14-3-6(5)10/h2-3,7H,4H2,1H3,(H2,13,14). The van der Waals surface area contributed by atoms with Crippen molar-refractivity contribution in [3.63, 3.8) is 0 Å². The van der Waals surface area contributed by atoms with Crippen LogP contribution >= 0.6 is 11.6 Å². The van der Waals surface area contributed by atoms with Gasteiger partial charge in [-0.25, -0.2) is 13.8 Å². The van der Waals surface area contributed by atoms with Gasteiger partial charge in [-0.1, -0.05) is 11.6 Å². The minimum Gasteiger partial charge on any atom is -0.384 e. The molecule has 1 aromatic rings. The van der Waals surface area contributed by atoms with Crippen LogP contribution in [-0.4, -0.2) is 35.8 Å². The fraction of sp³-hybridized carbons (Fsp3) is 0.333. The third-order valence-electron chi connectivity index (χ3n) is 1.87. The third-order valence-corrected chi connectivity index (χ3v) is 2.17. The first kappa shape index (κ1) is 12.6. The molecular weight excluding hydrogens is 240 g/mol. The van der Waals surface area contributed by atoms with E-state index >= 15 is 0 Å². The molecule has 16 heavy (non-hydrogen) atoms. The van der Waals surface area contributed by atoms with Crippen LogP contribution in [0.1, 0.15) is 10.4 Å². The van der Waals surface area contributed by atoms with Crippen LogP contribution in [-0.2, 0) is 0 Å². The molecule has 0 aliphatic heterocycles. The Kier molecular flexibility index (Phi) is 4.00. The van der Waals surface area contributed by atoms with Crippen molar-refractivity contribution in [2.45, 2.75) is 6.43 Å². The Morgan fingerprint density at radius 1 is 1.69 bits per heavy atom. The summed E-state index contributed by atoms with van der Waals surface area (Å²) in [4.78, 5) is 16.2. The van der Waals surface area contributed by atoms with Crippen molar-refractivity contribution in [1.82, 2.24) is 9.88 Å². The normalized spacial score (nSPS) is 10.6. The molecule has 4 nitrogen and oxygen atoms in total. The molecule has 0 atom stereocenters. The van der Waals surface area contributed by atoms with E-state index in [1.165, 1.54) is 19.3 Å². The Morgan fingerprint density at radius 3 is 2.88 bits per heavy atom. The Bertz CT molecular complexity index is 400. The summed E-state index contributed by atoms with van der Waals surface area (Å²) in [6.45, 7) is -0.655. The number of pyridine rings is 1. The second-order valence-electron chi connectivity index (χ2n) is 3.17. The van der Waals surface area contributed by atoms with Crippen molar-refractivity contribution in [3.05, 3.63) is 22.8 Å². The first-order valence-electron chi connectivity index (χ1n) is 4.36. The molecule has 0 unspecified atom stereocenters. The molecular formula is C9H10ClF2N3O. The number of anilines is 1. The second kappa shape index (κ2) is 5.07. The number of nitrogen functional groups attached to an aromatic ring is 1. The number of carbonyl (C=O) groups excluding carboxylic acids is 1. The Balaban J connectivity index is 2.91. The lowest BCUT2D eigenvalue weighted by Crippen LogP contribution is -2.31. The molecule has 0 bridgehead atoms. The van der Waals surface area contributed by atoms with E-state index in [0.29, 0.717) is 0 Å². The van der Waals surface area contributed by atoms with Gasteiger partial charge in [-0.15, -0.1) is 0 Å². The van der Waals surface area contributed by atoms with Crippen molar-refractivity contribution < 1.29 is 13.6 Å². The third kappa shape index (κ3) is 3.03. The SMILES string of the molecule is CN(CC(F)F)C(=O)c1cc(N)ncc1Cl. The van der Waals surface area contributed by atoms with Gasteiger partial charge in [0.2, 0.25) is 0 Å². The summed E-state index contributed by atoms with van der Waals surface area (Å²) >= 11 is 5.72. The van der Waals surface area contributed by atoms with E-state index in [-0.39, 0.29) is 16.4 Å². The van der Waals surface area contributed by atoms with Gasteiger partial charge in [0.1, 0.15) is 5.82 Å². The quantitative estimate of drug-likeness (QED) is 0.886. The Hall–Kier alpha value is -1.43. The fourth-order valence-corrected chi connectivity index (χ4v) is 1.30. The average molecular weight is 250 g/mol. The first-order chi connectivity index (χ1) is 7.41. The number of alkyl halides is 2. The van der Waals surface area contributed by atoms with Crippen LogP contribution in [0.2, 0.25) is 5.02 Å². The molecule has 1 rings (SSSR count). The summed E-state index contributed by atoms with van der Waals surface area (Å²) in [6.07, 6.45) is -1.38. The molecule has 0 aromatic carbocycles. The molecule has 0 aliphatic rings. The zero-order valence-corrected chi connectivity index (χ0v) is 9.21. The lowest BCUT2D eigenvalue weighted by atomic mass is 10.2. The van der Waals surface area contributed by atoms with Gasteiger partial charge in [-0.3, -0.25) is 4.79 Å². The second-order valence-corrected chi connectivity index (χ2v) is 3.57. The highest BCUT2D eigenvalue weighted by molar-refractivity contribution is 6.33. The topological polar surface area (TPSA) is 59.2 Å². The first-order valence-corrected chi connectivity index (χ1v) is 4.74. The summed E-state index contributed by atoms with van der Waals surface area (Å²) in [5, 5.41) is 0.0836. The predicted octanol–water partition coefficient (Wildman–Crippen LogP) is 1.65. The number of rotatable bonds is 3. The highest BCUT2D eigenvalue weighted by Gasteiger charge is 2.18. The van der Waals surface area contributed by atoms with Gasteiger partial charge in [-0.2, -0.15) is 0 Å². The van der Waals surface area contributed by atoms with Crippen LogP contribution in [0.25, 0.3) is 0 Å². The molecule has 0 spiro atoms. The van der Waals surface area contributed by atoms with Crippen LogP contribution in [0.5, 0.6) is 0 Å². The smallest absolute Gasteiger partial charge is 0.255 e. The Morgan fingerprint density at radius 2 is 2.31 bits per heavy atom. The number of amides is 1. The summed E-state index contributed by atoms with van der Waals surface area (Å²) < 4.78 is 24.2. The van der Waals surface area contributed by atoms with Crippen LogP contribution in [0.15, 0.2) is 12.3 Å². The summed E-state index contributed by atoms with van der Waals surface area (Å²) in [5.41, 5.74) is 5.45. The van der Waals surface area contributed by atoms with Crippen molar-refractivity contribution in [1.29, 1.82) is 0 Å². The maximum atomic E-state index is 12.1. The number of halogens is 3. The van der Waals surface area contributed by atoms with Crippen LogP contribution in [0.3, 0.4) is 0 Å². The van der Waals surface area contributed by atoms with Gasteiger partial charge in [0.05, 0.1) is 17.1 Å². The largest absolute Gasteiger partial charge is 0.384 e.